The molecule has 1 aromatic carbocycles. The van der Waals surface area contributed by atoms with Crippen LogP contribution in [0.4, 0.5) is 5.69 Å². The zero-order chi connectivity index (χ0) is 15.6. The van der Waals surface area contributed by atoms with Crippen molar-refractivity contribution in [2.45, 2.75) is 18.6 Å². The lowest BCUT2D eigenvalue weighted by Gasteiger charge is -2.37. The van der Waals surface area contributed by atoms with Gasteiger partial charge >= 0.3 is 11.8 Å². The number of likely N-dealkylation sites (tertiary alicyclic amines) is 1. The molecule has 1 aromatic rings. The molecule has 2 heterocycles. The molecular weight excluding hydrogens is 352 g/mol. The van der Waals surface area contributed by atoms with Crippen LogP contribution in [0.1, 0.15) is 12.8 Å². The Morgan fingerprint density at radius 1 is 1.14 bits per heavy atom. The van der Waals surface area contributed by atoms with Gasteiger partial charge in [-0.15, -0.1) is 0 Å². The van der Waals surface area contributed by atoms with E-state index in [0.717, 1.165) is 4.47 Å². The Morgan fingerprint density at radius 2 is 1.77 bits per heavy atom. The predicted octanol–water partition coefficient (Wildman–Crippen LogP) is 1.75. The Hall–Kier alpha value is -1.44. The summed E-state index contributed by atoms with van der Waals surface area (Å²) in [6.07, 6.45) is 1.20. The van der Waals surface area contributed by atoms with Gasteiger partial charge in [-0.3, -0.25) is 9.59 Å². The van der Waals surface area contributed by atoms with Crippen LogP contribution >= 0.6 is 15.9 Å². The topological polar surface area (TPSA) is 67.9 Å². The highest BCUT2D eigenvalue weighted by Gasteiger charge is 2.41. The summed E-state index contributed by atoms with van der Waals surface area (Å²) in [6.45, 7) is 2.11. The maximum Gasteiger partial charge on any atom is 0.313 e. The van der Waals surface area contributed by atoms with Crippen LogP contribution < -0.4 is 5.32 Å². The minimum absolute atomic E-state index is 0.461. The van der Waals surface area contributed by atoms with Crippen LogP contribution in [0.3, 0.4) is 0 Å². The molecule has 0 bridgehead atoms. The Morgan fingerprint density at radius 3 is 2.41 bits per heavy atom. The molecule has 0 saturated carbocycles. The highest BCUT2D eigenvalue weighted by molar-refractivity contribution is 9.10. The van der Waals surface area contributed by atoms with Gasteiger partial charge in [-0.25, -0.2) is 0 Å². The maximum absolute atomic E-state index is 12.2. The highest BCUT2D eigenvalue weighted by atomic mass is 79.9. The monoisotopic (exact) mass is 368 g/mol. The van der Waals surface area contributed by atoms with Gasteiger partial charge in [0.1, 0.15) is 0 Å². The average molecular weight is 369 g/mol. The predicted molar refractivity (Wildman–Crippen MR) is 83.2 cm³/mol. The number of rotatable bonds is 1. The molecule has 7 heteroatoms. The number of hydrogen-bond acceptors (Lipinski definition) is 4. The van der Waals surface area contributed by atoms with Gasteiger partial charge in [0.05, 0.1) is 18.9 Å². The first-order chi connectivity index (χ1) is 10.6. The van der Waals surface area contributed by atoms with E-state index in [1.165, 1.54) is 0 Å². The molecule has 1 N–H and O–H groups in total. The molecule has 3 rings (SSSR count). The molecule has 2 saturated heterocycles. The largest absolute Gasteiger partial charge is 0.347 e. The van der Waals surface area contributed by atoms with Gasteiger partial charge in [0, 0.05) is 30.4 Å². The molecule has 2 amide bonds. The number of carbonyl (C=O) groups is 2. The third-order valence-corrected chi connectivity index (χ3v) is 4.63. The van der Waals surface area contributed by atoms with Crippen molar-refractivity contribution >= 4 is 33.4 Å². The number of ether oxygens (including phenoxy) is 2. The maximum atomic E-state index is 12.2. The molecule has 2 aliphatic heterocycles. The molecule has 118 valence electrons. The molecule has 2 aliphatic rings. The summed E-state index contributed by atoms with van der Waals surface area (Å²) in [7, 11) is 0. The summed E-state index contributed by atoms with van der Waals surface area (Å²) in [5, 5.41) is 2.63. The van der Waals surface area contributed by atoms with E-state index in [-0.39, 0.29) is 0 Å². The van der Waals surface area contributed by atoms with E-state index in [2.05, 4.69) is 21.2 Å². The van der Waals surface area contributed by atoms with Gasteiger partial charge in [0.2, 0.25) is 0 Å². The Balaban J connectivity index is 1.58. The summed E-state index contributed by atoms with van der Waals surface area (Å²) in [5.74, 6) is -1.70. The molecule has 0 atom stereocenters. The van der Waals surface area contributed by atoms with Crippen molar-refractivity contribution in [3.63, 3.8) is 0 Å². The third-order valence-electron chi connectivity index (χ3n) is 3.94. The first-order valence-corrected chi connectivity index (χ1v) is 8.02. The van der Waals surface area contributed by atoms with Crippen molar-refractivity contribution in [1.82, 2.24) is 4.90 Å². The normalized spacial score (nSPS) is 20.1. The zero-order valence-corrected chi connectivity index (χ0v) is 13.6. The van der Waals surface area contributed by atoms with Gasteiger partial charge < -0.3 is 19.7 Å². The van der Waals surface area contributed by atoms with E-state index in [4.69, 9.17) is 9.47 Å². The minimum Gasteiger partial charge on any atom is -0.347 e. The number of hydrogen-bond donors (Lipinski definition) is 1. The third kappa shape index (κ3) is 3.16. The SMILES string of the molecule is O=C(Nc1ccccc1Br)C(=O)N1CCC2(CC1)OCCO2. The van der Waals surface area contributed by atoms with Crippen molar-refractivity contribution < 1.29 is 19.1 Å². The molecule has 6 nitrogen and oxygen atoms in total. The van der Waals surface area contributed by atoms with Crippen molar-refractivity contribution in [2.24, 2.45) is 0 Å². The van der Waals surface area contributed by atoms with Crippen molar-refractivity contribution in [1.29, 1.82) is 0 Å². The lowest BCUT2D eigenvalue weighted by molar-refractivity contribution is -0.187. The van der Waals surface area contributed by atoms with Crippen molar-refractivity contribution in [3.05, 3.63) is 28.7 Å². The molecule has 0 unspecified atom stereocenters. The van der Waals surface area contributed by atoms with Crippen LogP contribution in [-0.4, -0.2) is 48.8 Å². The Bertz CT molecular complexity index is 577. The number of benzene rings is 1. The lowest BCUT2D eigenvalue weighted by atomic mass is 10.0. The van der Waals surface area contributed by atoms with Gasteiger partial charge in [0.15, 0.2) is 5.79 Å². The van der Waals surface area contributed by atoms with E-state index < -0.39 is 17.6 Å². The number of anilines is 1. The second kappa shape index (κ2) is 6.36. The standard InChI is InChI=1S/C15H17BrN2O4/c16-11-3-1-2-4-12(11)17-13(19)14(20)18-7-5-15(6-8-18)21-9-10-22-15/h1-4H,5-10H2,(H,17,19). The number of halogens is 1. The van der Waals surface area contributed by atoms with Gasteiger partial charge in [0.25, 0.3) is 0 Å². The van der Waals surface area contributed by atoms with Crippen LogP contribution in [0.25, 0.3) is 0 Å². The number of carbonyl (C=O) groups excluding carboxylic acids is 2. The van der Waals surface area contributed by atoms with Gasteiger partial charge in [-0.05, 0) is 28.1 Å². The van der Waals surface area contributed by atoms with Crippen LogP contribution in [0.5, 0.6) is 0 Å². The molecule has 0 aromatic heterocycles. The summed E-state index contributed by atoms with van der Waals surface area (Å²) in [5.41, 5.74) is 0.580. The molecular formula is C15H17BrN2O4. The fourth-order valence-corrected chi connectivity index (χ4v) is 3.10. The molecule has 0 radical (unpaired) electrons. The summed E-state index contributed by atoms with van der Waals surface area (Å²) in [4.78, 5) is 25.9. The van der Waals surface area contributed by atoms with E-state index in [1.807, 2.05) is 6.07 Å². The number of piperidine rings is 1. The number of amides is 2. The quantitative estimate of drug-likeness (QED) is 0.766. The second-order valence-corrected chi connectivity index (χ2v) is 6.19. The van der Waals surface area contributed by atoms with Crippen LogP contribution in [-0.2, 0) is 19.1 Å². The summed E-state index contributed by atoms with van der Waals surface area (Å²) in [6, 6.07) is 7.18. The number of para-hydroxylation sites is 1. The number of nitrogens with zero attached hydrogens (tertiary/aromatic N) is 1. The average Bonchev–Trinajstić information content (AvgIpc) is 2.98. The van der Waals surface area contributed by atoms with Gasteiger partial charge in [-0.2, -0.15) is 0 Å². The van der Waals surface area contributed by atoms with Crippen molar-refractivity contribution in [3.8, 4) is 0 Å². The molecule has 22 heavy (non-hydrogen) atoms. The van der Waals surface area contributed by atoms with E-state index in [9.17, 15) is 9.59 Å². The lowest BCUT2D eigenvalue weighted by Crippen LogP contribution is -2.50. The van der Waals surface area contributed by atoms with Crippen LogP contribution in [0.2, 0.25) is 0 Å². The first kappa shape index (κ1) is 15.5. The van der Waals surface area contributed by atoms with Crippen LogP contribution in [0.15, 0.2) is 28.7 Å². The first-order valence-electron chi connectivity index (χ1n) is 7.22. The van der Waals surface area contributed by atoms with E-state index >= 15 is 0 Å². The molecule has 0 aliphatic carbocycles. The van der Waals surface area contributed by atoms with E-state index in [1.54, 1.807) is 23.1 Å². The number of nitrogens with one attached hydrogen (secondary N) is 1. The van der Waals surface area contributed by atoms with Crippen LogP contribution in [0, 0.1) is 0 Å². The Labute approximate surface area is 136 Å². The van der Waals surface area contributed by atoms with Crippen molar-refractivity contribution in [2.75, 3.05) is 31.6 Å². The summed E-state index contributed by atoms with van der Waals surface area (Å²) >= 11 is 3.34. The zero-order valence-electron chi connectivity index (χ0n) is 12.0. The summed E-state index contributed by atoms with van der Waals surface area (Å²) < 4.78 is 12.0. The second-order valence-electron chi connectivity index (χ2n) is 5.33. The Kier molecular flexibility index (Phi) is 4.46. The molecule has 1 spiro atoms. The minimum atomic E-state index is -0.629. The van der Waals surface area contributed by atoms with E-state index in [0.29, 0.717) is 44.8 Å². The molecule has 2 fully saturated rings. The fourth-order valence-electron chi connectivity index (χ4n) is 2.72. The fraction of sp³-hybridized carbons (Fsp3) is 0.467. The highest BCUT2D eigenvalue weighted by Crippen LogP contribution is 2.31. The van der Waals surface area contributed by atoms with Gasteiger partial charge in [-0.1, -0.05) is 12.1 Å². The smallest absolute Gasteiger partial charge is 0.313 e.